The molecular weight excluding hydrogens is 370 g/mol. The molecule has 1 aromatic carbocycles. The van der Waals surface area contributed by atoms with E-state index >= 15 is 0 Å². The number of anilines is 1. The van der Waals surface area contributed by atoms with Gasteiger partial charge >= 0.3 is 0 Å². The van der Waals surface area contributed by atoms with Crippen LogP contribution in [0.2, 0.25) is 0 Å². The fourth-order valence-electron chi connectivity index (χ4n) is 3.50. The summed E-state index contributed by atoms with van der Waals surface area (Å²) in [6, 6.07) is 5.88. The summed E-state index contributed by atoms with van der Waals surface area (Å²) < 4.78 is 1.65. The predicted octanol–water partition coefficient (Wildman–Crippen LogP) is 2.40. The maximum Gasteiger partial charge on any atom is 0.242 e. The zero-order chi connectivity index (χ0) is 21.3. The molecule has 0 radical (unpaired) electrons. The van der Waals surface area contributed by atoms with Gasteiger partial charge in [-0.05, 0) is 51.5 Å². The fourth-order valence-corrected chi connectivity index (χ4v) is 3.50. The van der Waals surface area contributed by atoms with Crippen molar-refractivity contribution < 1.29 is 14.5 Å². The van der Waals surface area contributed by atoms with Crippen LogP contribution in [0.15, 0.2) is 48.1 Å². The molecule has 0 fully saturated rings. The van der Waals surface area contributed by atoms with E-state index in [1.807, 2.05) is 45.9 Å². The molecule has 0 bridgehead atoms. The summed E-state index contributed by atoms with van der Waals surface area (Å²) in [4.78, 5) is 29.3. The van der Waals surface area contributed by atoms with Gasteiger partial charge in [-0.15, -0.1) is 0 Å². The van der Waals surface area contributed by atoms with Crippen molar-refractivity contribution in [3.63, 3.8) is 0 Å². The van der Waals surface area contributed by atoms with E-state index < -0.39 is 5.41 Å². The molecule has 1 aliphatic heterocycles. The Balaban J connectivity index is 2.10. The quantitative estimate of drug-likeness (QED) is 0.574. The largest absolute Gasteiger partial charge is 0.415 e. The maximum absolute atomic E-state index is 13.2. The summed E-state index contributed by atoms with van der Waals surface area (Å²) >= 11 is 0. The van der Waals surface area contributed by atoms with Crippen LogP contribution in [-0.4, -0.2) is 29.8 Å². The first kappa shape index (κ1) is 20.5. The van der Waals surface area contributed by atoms with Crippen molar-refractivity contribution in [3.05, 3.63) is 59.5 Å². The van der Waals surface area contributed by atoms with Crippen molar-refractivity contribution in [1.29, 1.82) is 0 Å². The van der Waals surface area contributed by atoms with Gasteiger partial charge in [0.2, 0.25) is 5.91 Å². The molecule has 0 atom stereocenters. The van der Waals surface area contributed by atoms with Crippen LogP contribution in [0.4, 0.5) is 5.69 Å². The summed E-state index contributed by atoms with van der Waals surface area (Å²) in [5.74, 6) is 0.982. The number of allylic oxidation sites excluding steroid dienone is 3. The number of carbonyl (C=O) groups excluding carboxylic acids is 1. The van der Waals surface area contributed by atoms with Crippen molar-refractivity contribution >= 4 is 11.6 Å². The summed E-state index contributed by atoms with van der Waals surface area (Å²) in [5.41, 5.74) is 12.4. The monoisotopic (exact) mass is 397 g/mol. The first-order valence-corrected chi connectivity index (χ1v) is 9.23. The Bertz CT molecular complexity index is 1000. The van der Waals surface area contributed by atoms with E-state index in [2.05, 4.69) is 10.5 Å². The number of hydrogen-bond acceptors (Lipinski definition) is 6. The third kappa shape index (κ3) is 3.47. The molecular formula is C21H27N5O3. The zero-order valence-corrected chi connectivity index (χ0v) is 17.6. The predicted molar refractivity (Wildman–Crippen MR) is 112 cm³/mol. The molecule has 2 heterocycles. The van der Waals surface area contributed by atoms with Crippen molar-refractivity contribution in [2.45, 2.75) is 33.1 Å². The minimum Gasteiger partial charge on any atom is -0.415 e. The lowest BCUT2D eigenvalue weighted by Gasteiger charge is -2.20. The zero-order valence-electron chi connectivity index (χ0n) is 17.6. The van der Waals surface area contributed by atoms with Crippen molar-refractivity contribution in [2.75, 3.05) is 19.1 Å². The number of amides is 1. The SMILES string of the molecule is CON/C(C)=C\C=C(/N)N1C(=O)C(C)(C)c2ccc(-c3cnc(C)n3OC)cc21. The number of imidazole rings is 1. The molecule has 1 aliphatic rings. The second-order valence-corrected chi connectivity index (χ2v) is 7.41. The minimum atomic E-state index is -0.687. The number of nitrogens with two attached hydrogens (primary N) is 1. The lowest BCUT2D eigenvalue weighted by Crippen LogP contribution is -2.38. The van der Waals surface area contributed by atoms with Crippen molar-refractivity contribution in [2.24, 2.45) is 5.73 Å². The van der Waals surface area contributed by atoms with Gasteiger partial charge in [0.1, 0.15) is 24.4 Å². The Hall–Kier alpha value is -3.26. The number of rotatable bonds is 6. The van der Waals surface area contributed by atoms with Crippen LogP contribution in [0.1, 0.15) is 32.2 Å². The summed E-state index contributed by atoms with van der Waals surface area (Å²) in [5, 5.41) is 0. The van der Waals surface area contributed by atoms with Crippen molar-refractivity contribution in [3.8, 4) is 11.3 Å². The summed E-state index contributed by atoms with van der Waals surface area (Å²) in [6.45, 7) is 7.50. The molecule has 0 saturated carbocycles. The molecule has 154 valence electrons. The molecule has 0 spiro atoms. The number of hydroxylamine groups is 1. The Morgan fingerprint density at radius 3 is 2.66 bits per heavy atom. The number of nitrogens with zero attached hydrogens (tertiary/aromatic N) is 3. The second kappa shape index (κ2) is 7.63. The molecule has 0 aliphatic carbocycles. The van der Waals surface area contributed by atoms with E-state index in [0.29, 0.717) is 5.82 Å². The van der Waals surface area contributed by atoms with Crippen LogP contribution in [-0.2, 0) is 15.0 Å². The van der Waals surface area contributed by atoms with Crippen LogP contribution in [0.5, 0.6) is 0 Å². The number of carbonyl (C=O) groups is 1. The molecule has 0 saturated heterocycles. The molecule has 3 N–H and O–H groups in total. The van der Waals surface area contributed by atoms with E-state index in [9.17, 15) is 4.79 Å². The number of nitrogens with one attached hydrogen (secondary N) is 1. The van der Waals surface area contributed by atoms with Gasteiger partial charge in [-0.1, -0.05) is 12.1 Å². The molecule has 1 amide bonds. The lowest BCUT2D eigenvalue weighted by molar-refractivity contribution is -0.121. The van der Waals surface area contributed by atoms with Gasteiger partial charge in [0.05, 0.1) is 24.4 Å². The molecule has 0 unspecified atom stereocenters. The van der Waals surface area contributed by atoms with Gasteiger partial charge in [-0.3, -0.25) is 20.0 Å². The highest BCUT2D eigenvalue weighted by atomic mass is 16.6. The van der Waals surface area contributed by atoms with Gasteiger partial charge in [0.15, 0.2) is 0 Å². The highest BCUT2D eigenvalue weighted by molar-refractivity contribution is 6.10. The van der Waals surface area contributed by atoms with Crippen LogP contribution in [0.3, 0.4) is 0 Å². The Morgan fingerprint density at radius 2 is 2.00 bits per heavy atom. The first-order valence-electron chi connectivity index (χ1n) is 9.23. The van der Waals surface area contributed by atoms with Gasteiger partial charge in [0.25, 0.3) is 0 Å². The maximum atomic E-state index is 13.2. The molecule has 29 heavy (non-hydrogen) atoms. The molecule has 8 heteroatoms. The first-order chi connectivity index (χ1) is 13.7. The summed E-state index contributed by atoms with van der Waals surface area (Å²) in [7, 11) is 3.12. The fraction of sp³-hybridized carbons (Fsp3) is 0.333. The second-order valence-electron chi connectivity index (χ2n) is 7.41. The van der Waals surface area contributed by atoms with Crippen LogP contribution in [0.25, 0.3) is 11.3 Å². The van der Waals surface area contributed by atoms with Gasteiger partial charge in [-0.25, -0.2) is 4.98 Å². The third-order valence-corrected chi connectivity index (χ3v) is 5.04. The molecule has 8 nitrogen and oxygen atoms in total. The van der Waals surface area contributed by atoms with E-state index in [-0.39, 0.29) is 5.91 Å². The van der Waals surface area contributed by atoms with Gasteiger partial charge < -0.3 is 10.6 Å². The van der Waals surface area contributed by atoms with Gasteiger partial charge in [0, 0.05) is 11.3 Å². The Labute approximate surface area is 170 Å². The number of aryl methyl sites for hydroxylation is 1. The van der Waals surface area contributed by atoms with E-state index in [0.717, 1.165) is 34.0 Å². The van der Waals surface area contributed by atoms with Crippen molar-refractivity contribution in [1.82, 2.24) is 15.2 Å². The topological polar surface area (TPSA) is 94.6 Å². The number of fused-ring (bicyclic) bond motifs is 1. The number of aromatic nitrogens is 2. The molecule has 1 aromatic heterocycles. The van der Waals surface area contributed by atoms with Crippen LogP contribution < -0.4 is 21.0 Å². The standard InChI is InChI=1S/C21H27N5O3/c1-13(24-28-5)7-10-19(22)25-17-11-15(18-12-23-14(2)26(18)29-6)8-9-16(17)21(3,4)20(25)27/h7-12,24H,22H2,1-6H3/b13-7-,19-10+. The van der Waals surface area contributed by atoms with Gasteiger partial charge in [-0.2, -0.15) is 4.73 Å². The minimum absolute atomic E-state index is 0.0828. The number of benzene rings is 1. The smallest absolute Gasteiger partial charge is 0.242 e. The van der Waals surface area contributed by atoms with E-state index in [4.69, 9.17) is 15.4 Å². The Kier molecular flexibility index (Phi) is 5.39. The highest BCUT2D eigenvalue weighted by Crippen LogP contribution is 2.44. The number of hydrogen-bond donors (Lipinski definition) is 2. The Morgan fingerprint density at radius 1 is 1.28 bits per heavy atom. The van der Waals surface area contributed by atoms with E-state index in [1.54, 1.807) is 35.1 Å². The van der Waals surface area contributed by atoms with Crippen LogP contribution >= 0.6 is 0 Å². The lowest BCUT2D eigenvalue weighted by atomic mass is 9.86. The average molecular weight is 397 g/mol. The van der Waals surface area contributed by atoms with Crippen LogP contribution in [0, 0.1) is 6.92 Å². The average Bonchev–Trinajstić information content (AvgIpc) is 3.15. The highest BCUT2D eigenvalue weighted by Gasteiger charge is 2.45. The normalized spacial score (nSPS) is 16.2. The molecule has 2 aromatic rings. The summed E-state index contributed by atoms with van der Waals surface area (Å²) in [6.07, 6.45) is 5.18. The van der Waals surface area contributed by atoms with E-state index in [1.165, 1.54) is 7.11 Å². The molecule has 3 rings (SSSR count). The third-order valence-electron chi connectivity index (χ3n) is 5.04.